The molecular weight excluding hydrogens is 465 g/mol. The summed E-state index contributed by atoms with van der Waals surface area (Å²) in [5, 5.41) is 8.08. The van der Waals surface area contributed by atoms with Crippen molar-refractivity contribution in [2.45, 2.75) is 18.0 Å². The molecule has 3 aromatic rings. The highest BCUT2D eigenvalue weighted by Crippen LogP contribution is 2.37. The van der Waals surface area contributed by atoms with E-state index >= 15 is 0 Å². The number of rotatable bonds is 6. The number of halogens is 3. The molecule has 13 heteroatoms. The van der Waals surface area contributed by atoms with Crippen molar-refractivity contribution in [2.75, 3.05) is 17.1 Å². The Balaban J connectivity index is 1.90. The van der Waals surface area contributed by atoms with E-state index in [0.717, 1.165) is 30.5 Å². The van der Waals surface area contributed by atoms with Crippen molar-refractivity contribution in [3.63, 3.8) is 0 Å². The van der Waals surface area contributed by atoms with Gasteiger partial charge in [-0.2, -0.15) is 13.2 Å². The molecule has 0 radical (unpaired) electrons. The van der Waals surface area contributed by atoms with E-state index in [1.54, 1.807) is 0 Å². The predicted octanol–water partition coefficient (Wildman–Crippen LogP) is 3.41. The number of carbonyl (C=O) groups is 2. The van der Waals surface area contributed by atoms with Crippen LogP contribution in [0.5, 0.6) is 0 Å². The van der Waals surface area contributed by atoms with E-state index < -0.39 is 39.3 Å². The Hall–Kier alpha value is -3.87. The van der Waals surface area contributed by atoms with Crippen molar-refractivity contribution >= 4 is 33.2 Å². The number of sulfonamides is 1. The topological polar surface area (TPSA) is 130 Å². The molecule has 1 aromatic heterocycles. The van der Waals surface area contributed by atoms with Crippen LogP contribution in [0, 0.1) is 6.92 Å². The van der Waals surface area contributed by atoms with Gasteiger partial charge in [0.1, 0.15) is 11.3 Å². The zero-order valence-corrected chi connectivity index (χ0v) is 18.0. The molecule has 33 heavy (non-hydrogen) atoms. The molecule has 2 aromatic carbocycles. The summed E-state index contributed by atoms with van der Waals surface area (Å²) in [6.07, 6.45) is -3.82. The van der Waals surface area contributed by atoms with Crippen LogP contribution in [0.2, 0.25) is 0 Å². The lowest BCUT2D eigenvalue weighted by atomic mass is 10.1. The van der Waals surface area contributed by atoms with Crippen molar-refractivity contribution in [3.8, 4) is 0 Å². The SMILES string of the molecule is CNC(=O)c1ccc(S(=O)(=O)Nc2ccc(NC(=O)c3cnoc3C)cc2C(F)(F)F)cc1. The smallest absolute Gasteiger partial charge is 0.361 e. The van der Waals surface area contributed by atoms with E-state index in [9.17, 15) is 31.2 Å². The Morgan fingerprint density at radius 3 is 2.24 bits per heavy atom. The van der Waals surface area contributed by atoms with Gasteiger partial charge in [0.2, 0.25) is 0 Å². The zero-order chi connectivity index (χ0) is 24.4. The second kappa shape index (κ2) is 8.94. The number of aryl methyl sites for hydroxylation is 1. The van der Waals surface area contributed by atoms with E-state index in [4.69, 9.17) is 4.52 Å². The van der Waals surface area contributed by atoms with Crippen LogP contribution < -0.4 is 15.4 Å². The first-order chi connectivity index (χ1) is 15.4. The van der Waals surface area contributed by atoms with Gasteiger partial charge in [0.25, 0.3) is 21.8 Å². The first-order valence-electron chi connectivity index (χ1n) is 9.21. The lowest BCUT2D eigenvalue weighted by molar-refractivity contribution is -0.136. The molecule has 0 bridgehead atoms. The minimum atomic E-state index is -4.94. The summed E-state index contributed by atoms with van der Waals surface area (Å²) in [6.45, 7) is 1.46. The first-order valence-corrected chi connectivity index (χ1v) is 10.7. The average molecular weight is 482 g/mol. The molecule has 0 saturated heterocycles. The fourth-order valence-electron chi connectivity index (χ4n) is 2.79. The molecule has 1 heterocycles. The van der Waals surface area contributed by atoms with Crippen molar-refractivity contribution in [2.24, 2.45) is 0 Å². The molecule has 2 amide bonds. The molecule has 3 N–H and O–H groups in total. The number of hydrogen-bond acceptors (Lipinski definition) is 6. The number of hydrogen-bond donors (Lipinski definition) is 3. The van der Waals surface area contributed by atoms with Gasteiger partial charge in [-0.05, 0) is 49.4 Å². The monoisotopic (exact) mass is 482 g/mol. The third-order valence-corrected chi connectivity index (χ3v) is 5.86. The number of nitrogens with one attached hydrogen (secondary N) is 3. The average Bonchev–Trinajstić information content (AvgIpc) is 3.19. The van der Waals surface area contributed by atoms with Crippen LogP contribution in [0.15, 0.2) is 58.1 Å². The second-order valence-corrected chi connectivity index (χ2v) is 8.40. The standard InChI is InChI=1S/C20H17F3N4O5S/c1-11-15(10-25-32-11)19(29)26-13-5-8-17(16(9-13)20(21,22)23)27-33(30,31)14-6-3-12(4-7-14)18(28)24-2/h3-10,27H,1-2H3,(H,24,28)(H,26,29). The van der Waals surface area contributed by atoms with Gasteiger partial charge < -0.3 is 15.2 Å². The van der Waals surface area contributed by atoms with E-state index in [-0.39, 0.29) is 27.5 Å². The third-order valence-electron chi connectivity index (χ3n) is 4.48. The Morgan fingerprint density at radius 2 is 1.70 bits per heavy atom. The zero-order valence-electron chi connectivity index (χ0n) is 17.1. The maximum absolute atomic E-state index is 13.6. The van der Waals surface area contributed by atoms with Crippen LogP contribution in [0.1, 0.15) is 32.0 Å². The highest BCUT2D eigenvalue weighted by Gasteiger charge is 2.35. The Bertz CT molecular complexity index is 1300. The summed E-state index contributed by atoms with van der Waals surface area (Å²) >= 11 is 0. The summed E-state index contributed by atoms with van der Waals surface area (Å²) in [7, 11) is -3.02. The van der Waals surface area contributed by atoms with Crippen LogP contribution in [-0.4, -0.2) is 32.4 Å². The Labute approximate surface area is 186 Å². The van der Waals surface area contributed by atoms with Gasteiger partial charge in [0.15, 0.2) is 0 Å². The molecule has 0 spiro atoms. The molecule has 0 aliphatic rings. The number of anilines is 2. The van der Waals surface area contributed by atoms with E-state index in [2.05, 4.69) is 15.8 Å². The highest BCUT2D eigenvalue weighted by molar-refractivity contribution is 7.92. The maximum atomic E-state index is 13.6. The van der Waals surface area contributed by atoms with Crippen LogP contribution >= 0.6 is 0 Å². The summed E-state index contributed by atoms with van der Waals surface area (Å²) in [5.74, 6) is -1.02. The molecule has 0 atom stereocenters. The minimum absolute atomic E-state index is 0.0357. The lowest BCUT2D eigenvalue weighted by Crippen LogP contribution is -2.19. The first kappa shape index (κ1) is 23.8. The molecular formula is C20H17F3N4O5S. The fourth-order valence-corrected chi connectivity index (χ4v) is 3.87. The molecule has 0 fully saturated rings. The van der Waals surface area contributed by atoms with Gasteiger partial charge in [0, 0.05) is 18.3 Å². The van der Waals surface area contributed by atoms with E-state index in [1.807, 2.05) is 4.72 Å². The molecule has 0 aliphatic carbocycles. The van der Waals surface area contributed by atoms with Crippen LogP contribution in [0.25, 0.3) is 0 Å². The van der Waals surface area contributed by atoms with E-state index in [1.165, 1.54) is 26.1 Å². The number of carbonyl (C=O) groups excluding carboxylic acids is 2. The molecule has 0 unspecified atom stereocenters. The maximum Gasteiger partial charge on any atom is 0.418 e. The Morgan fingerprint density at radius 1 is 1.03 bits per heavy atom. The minimum Gasteiger partial charge on any atom is -0.361 e. The number of alkyl halides is 3. The fraction of sp³-hybridized carbons (Fsp3) is 0.150. The molecule has 0 saturated carbocycles. The van der Waals surface area contributed by atoms with Gasteiger partial charge in [-0.15, -0.1) is 0 Å². The van der Waals surface area contributed by atoms with Crippen LogP contribution in [0.3, 0.4) is 0 Å². The van der Waals surface area contributed by atoms with Crippen LogP contribution in [-0.2, 0) is 16.2 Å². The second-order valence-electron chi connectivity index (χ2n) is 6.72. The third kappa shape index (κ3) is 5.31. The van der Waals surface area contributed by atoms with Gasteiger partial charge in [-0.25, -0.2) is 8.42 Å². The van der Waals surface area contributed by atoms with Crippen molar-refractivity contribution in [3.05, 3.63) is 71.1 Å². The van der Waals surface area contributed by atoms with Gasteiger partial charge in [-0.3, -0.25) is 14.3 Å². The van der Waals surface area contributed by atoms with Crippen molar-refractivity contribution in [1.82, 2.24) is 10.5 Å². The molecule has 174 valence electrons. The van der Waals surface area contributed by atoms with Gasteiger partial charge in [0.05, 0.1) is 22.3 Å². The largest absolute Gasteiger partial charge is 0.418 e. The number of benzene rings is 2. The van der Waals surface area contributed by atoms with Gasteiger partial charge >= 0.3 is 6.18 Å². The summed E-state index contributed by atoms with van der Waals surface area (Å²) in [4.78, 5) is 23.5. The molecule has 9 nitrogen and oxygen atoms in total. The van der Waals surface area contributed by atoms with E-state index in [0.29, 0.717) is 6.07 Å². The lowest BCUT2D eigenvalue weighted by Gasteiger charge is -2.16. The van der Waals surface area contributed by atoms with Gasteiger partial charge in [-0.1, -0.05) is 5.16 Å². The molecule has 3 rings (SSSR count). The van der Waals surface area contributed by atoms with Crippen molar-refractivity contribution < 1.29 is 35.7 Å². The predicted molar refractivity (Wildman–Crippen MR) is 111 cm³/mol. The van der Waals surface area contributed by atoms with Crippen LogP contribution in [0.4, 0.5) is 24.5 Å². The number of aromatic nitrogens is 1. The quantitative estimate of drug-likeness (QED) is 0.494. The Kier molecular flexibility index (Phi) is 6.44. The van der Waals surface area contributed by atoms with Crippen molar-refractivity contribution in [1.29, 1.82) is 0 Å². The summed E-state index contributed by atoms with van der Waals surface area (Å²) in [5.41, 5.74) is -2.06. The number of nitrogens with zero attached hydrogens (tertiary/aromatic N) is 1. The highest BCUT2D eigenvalue weighted by atomic mass is 32.2. The summed E-state index contributed by atoms with van der Waals surface area (Å²) < 4.78 is 72.8. The summed E-state index contributed by atoms with van der Waals surface area (Å²) in [6, 6.07) is 7.24. The number of amides is 2. The normalized spacial score (nSPS) is 11.7. The molecule has 0 aliphatic heterocycles.